The van der Waals surface area contributed by atoms with Crippen molar-refractivity contribution in [1.82, 2.24) is 9.80 Å². The van der Waals surface area contributed by atoms with E-state index >= 15 is 0 Å². The molecule has 3 rings (SSSR count). The maximum absolute atomic E-state index is 12.5. The van der Waals surface area contributed by atoms with Gasteiger partial charge in [-0.25, -0.2) is 0 Å². The number of hydrogen-bond donors (Lipinski definition) is 1. The number of ether oxygens (including phenoxy) is 1. The van der Waals surface area contributed by atoms with Crippen LogP contribution >= 0.6 is 11.8 Å². The van der Waals surface area contributed by atoms with Gasteiger partial charge in [0.1, 0.15) is 11.1 Å². The van der Waals surface area contributed by atoms with Gasteiger partial charge in [0, 0.05) is 12.0 Å². The summed E-state index contributed by atoms with van der Waals surface area (Å²) < 4.78 is 5.50. The molecule has 0 bridgehead atoms. The van der Waals surface area contributed by atoms with Gasteiger partial charge in [-0.2, -0.15) is 0 Å². The molecule has 1 N–H and O–H groups in total. The second-order valence-electron chi connectivity index (χ2n) is 7.97. The second kappa shape index (κ2) is 9.65. The van der Waals surface area contributed by atoms with Crippen molar-refractivity contribution in [2.75, 3.05) is 52.1 Å². The van der Waals surface area contributed by atoms with E-state index in [2.05, 4.69) is 13.8 Å². The number of carbonyl (C=O) groups excluding carboxylic acids is 2. The summed E-state index contributed by atoms with van der Waals surface area (Å²) in [6.07, 6.45) is 0.634. The molecule has 28 heavy (non-hydrogen) atoms. The molecule has 0 aromatic heterocycles. The molecule has 6 nitrogen and oxygen atoms in total. The Kier molecular flexibility index (Phi) is 7.24. The number of amides is 2. The molecule has 0 radical (unpaired) electrons. The van der Waals surface area contributed by atoms with E-state index in [4.69, 9.17) is 4.74 Å². The van der Waals surface area contributed by atoms with Crippen LogP contribution in [0.1, 0.15) is 31.2 Å². The lowest BCUT2D eigenvalue weighted by Gasteiger charge is -2.34. The molecule has 2 amide bonds. The highest BCUT2D eigenvalue weighted by Gasteiger charge is 2.35. The molecule has 0 unspecified atom stereocenters. The zero-order valence-corrected chi connectivity index (χ0v) is 18.0. The molecule has 7 heteroatoms. The van der Waals surface area contributed by atoms with Crippen LogP contribution in [0.5, 0.6) is 5.75 Å². The number of hydrogen-bond acceptors (Lipinski definition) is 4. The van der Waals surface area contributed by atoms with Crippen molar-refractivity contribution in [1.29, 1.82) is 0 Å². The molecule has 154 valence electrons. The van der Waals surface area contributed by atoms with E-state index in [-0.39, 0.29) is 17.2 Å². The number of piperazine rings is 1. The zero-order valence-electron chi connectivity index (χ0n) is 17.1. The molecule has 1 atom stereocenters. The lowest BCUT2D eigenvalue weighted by atomic mass is 10.1. The quantitative estimate of drug-likeness (QED) is 0.735. The first kappa shape index (κ1) is 21.0. The Labute approximate surface area is 172 Å². The summed E-state index contributed by atoms with van der Waals surface area (Å²) in [5.74, 6) is 2.24. The summed E-state index contributed by atoms with van der Waals surface area (Å²) in [5.41, 5.74) is 1.07. The highest BCUT2D eigenvalue weighted by atomic mass is 32.2. The van der Waals surface area contributed by atoms with E-state index < -0.39 is 0 Å². The van der Waals surface area contributed by atoms with Crippen LogP contribution in [-0.2, 0) is 9.59 Å². The molecule has 1 aromatic carbocycles. The average Bonchev–Trinajstić information content (AvgIpc) is 3.06. The van der Waals surface area contributed by atoms with E-state index in [1.54, 1.807) is 18.9 Å². The Hall–Kier alpha value is -1.73. The van der Waals surface area contributed by atoms with Crippen LogP contribution in [0, 0.1) is 5.92 Å². The van der Waals surface area contributed by atoms with Gasteiger partial charge in [0.2, 0.25) is 11.8 Å². The molecule has 0 spiro atoms. The third-order valence-corrected chi connectivity index (χ3v) is 6.72. The van der Waals surface area contributed by atoms with Gasteiger partial charge in [0.15, 0.2) is 0 Å². The summed E-state index contributed by atoms with van der Waals surface area (Å²) >= 11 is 1.67. The predicted molar refractivity (Wildman–Crippen MR) is 112 cm³/mol. The summed E-state index contributed by atoms with van der Waals surface area (Å²) in [6, 6.07) is 7.96. The van der Waals surface area contributed by atoms with Crippen LogP contribution in [-0.4, -0.2) is 73.7 Å². The Morgan fingerprint density at radius 1 is 1.29 bits per heavy atom. The van der Waals surface area contributed by atoms with Gasteiger partial charge in [-0.15, -0.1) is 11.8 Å². The maximum Gasteiger partial charge on any atom is 0.234 e. The lowest BCUT2D eigenvalue weighted by molar-refractivity contribution is -0.903. The maximum atomic E-state index is 12.5. The van der Waals surface area contributed by atoms with Gasteiger partial charge >= 0.3 is 0 Å². The van der Waals surface area contributed by atoms with Gasteiger partial charge in [0.25, 0.3) is 0 Å². The average molecular weight is 407 g/mol. The molecule has 2 heterocycles. The molecule has 1 aromatic rings. The van der Waals surface area contributed by atoms with Gasteiger partial charge in [0.05, 0.1) is 52.1 Å². The fourth-order valence-corrected chi connectivity index (χ4v) is 5.15. The smallest absolute Gasteiger partial charge is 0.234 e. The molecular weight excluding hydrogens is 374 g/mol. The highest BCUT2D eigenvalue weighted by molar-refractivity contribution is 8.00. The van der Waals surface area contributed by atoms with Crippen LogP contribution in [0.3, 0.4) is 0 Å². The largest absolute Gasteiger partial charge is 0.496 e. The van der Waals surface area contributed by atoms with Crippen molar-refractivity contribution in [3.8, 4) is 5.75 Å². The minimum Gasteiger partial charge on any atom is -0.496 e. The predicted octanol–water partition coefficient (Wildman–Crippen LogP) is 1.04. The second-order valence-corrected chi connectivity index (χ2v) is 9.04. The number of nitrogens with one attached hydrogen (secondary N) is 1. The standard InChI is InChI=1S/C21H31N3O3S/c1-16(2)14-19(25)23-11-8-22(9-12-23)10-13-24-20(26)15-28-21(24)17-6-4-5-7-18(17)27-3/h4-7,16,21H,8-15H2,1-3H3/p+1/t21-/m1/s1. The Balaban J connectivity index is 1.54. The zero-order chi connectivity index (χ0) is 20.1. The van der Waals surface area contributed by atoms with E-state index in [0.717, 1.165) is 50.6 Å². The van der Waals surface area contributed by atoms with Crippen molar-refractivity contribution in [2.24, 2.45) is 5.92 Å². The Morgan fingerprint density at radius 3 is 2.68 bits per heavy atom. The van der Waals surface area contributed by atoms with Crippen molar-refractivity contribution in [2.45, 2.75) is 25.6 Å². The first-order chi connectivity index (χ1) is 13.5. The number of carbonyl (C=O) groups is 2. The van der Waals surface area contributed by atoms with Gasteiger partial charge < -0.3 is 19.4 Å². The fourth-order valence-electron chi connectivity index (χ4n) is 3.90. The van der Waals surface area contributed by atoms with Crippen LogP contribution in [0.4, 0.5) is 0 Å². The number of para-hydroxylation sites is 1. The Bertz CT molecular complexity index is 689. The number of rotatable bonds is 7. The number of thioether (sulfide) groups is 1. The molecule has 2 aliphatic heterocycles. The van der Waals surface area contributed by atoms with Crippen molar-refractivity contribution in [3.63, 3.8) is 0 Å². The third-order valence-electron chi connectivity index (χ3n) is 5.49. The van der Waals surface area contributed by atoms with Gasteiger partial charge in [-0.05, 0) is 12.0 Å². The van der Waals surface area contributed by atoms with E-state index in [1.807, 2.05) is 34.1 Å². The number of quaternary nitrogens is 1. The molecular formula is C21H32N3O3S+. The molecule has 2 fully saturated rings. The molecule has 0 aliphatic carbocycles. The van der Waals surface area contributed by atoms with E-state index in [0.29, 0.717) is 18.1 Å². The normalized spacial score (nSPS) is 20.9. The number of methoxy groups -OCH3 is 1. The van der Waals surface area contributed by atoms with Crippen molar-refractivity contribution >= 4 is 23.6 Å². The minimum atomic E-state index is 0.0250. The first-order valence-electron chi connectivity index (χ1n) is 10.1. The monoisotopic (exact) mass is 406 g/mol. The third kappa shape index (κ3) is 5.00. The van der Waals surface area contributed by atoms with Crippen LogP contribution in [0.25, 0.3) is 0 Å². The summed E-state index contributed by atoms with van der Waals surface area (Å²) in [6.45, 7) is 9.38. The lowest BCUT2D eigenvalue weighted by Crippen LogP contribution is -3.15. The molecule has 2 saturated heterocycles. The number of nitrogens with zero attached hydrogens (tertiary/aromatic N) is 2. The highest BCUT2D eigenvalue weighted by Crippen LogP contribution is 2.41. The SMILES string of the molecule is COc1ccccc1[C@H]1SCC(=O)N1CC[NH+]1CCN(C(=O)CC(C)C)CC1. The topological polar surface area (TPSA) is 54.3 Å². The molecule has 2 aliphatic rings. The van der Waals surface area contributed by atoms with Crippen molar-refractivity contribution in [3.05, 3.63) is 29.8 Å². The summed E-state index contributed by atoms with van der Waals surface area (Å²) in [7, 11) is 1.68. The van der Waals surface area contributed by atoms with E-state index in [1.165, 1.54) is 4.90 Å². The number of benzene rings is 1. The van der Waals surface area contributed by atoms with Crippen molar-refractivity contribution < 1.29 is 19.2 Å². The summed E-state index contributed by atoms with van der Waals surface area (Å²) in [5, 5.41) is 0.0250. The molecule has 0 saturated carbocycles. The van der Waals surface area contributed by atoms with Crippen LogP contribution in [0.2, 0.25) is 0 Å². The first-order valence-corrected chi connectivity index (χ1v) is 11.2. The Morgan fingerprint density at radius 2 is 2.00 bits per heavy atom. The van der Waals surface area contributed by atoms with E-state index in [9.17, 15) is 9.59 Å². The summed E-state index contributed by atoms with van der Waals surface area (Å²) in [4.78, 5) is 30.2. The van der Waals surface area contributed by atoms with Crippen LogP contribution in [0.15, 0.2) is 24.3 Å². The fraction of sp³-hybridized carbons (Fsp3) is 0.619. The minimum absolute atomic E-state index is 0.0250. The van der Waals surface area contributed by atoms with Crippen LogP contribution < -0.4 is 9.64 Å². The van der Waals surface area contributed by atoms with Gasteiger partial charge in [-0.3, -0.25) is 9.59 Å². The van der Waals surface area contributed by atoms with Gasteiger partial charge in [-0.1, -0.05) is 32.0 Å².